The van der Waals surface area contributed by atoms with Crippen molar-refractivity contribution in [3.63, 3.8) is 0 Å². The number of carbonyl (C=O) groups excluding carboxylic acids is 3. The second kappa shape index (κ2) is 5.43. The highest BCUT2D eigenvalue weighted by Crippen LogP contribution is 2.30. The summed E-state index contributed by atoms with van der Waals surface area (Å²) in [5, 5.41) is 3.99. The van der Waals surface area contributed by atoms with Gasteiger partial charge in [0.2, 0.25) is 0 Å². The Morgan fingerprint density at radius 2 is 1.45 bits per heavy atom. The van der Waals surface area contributed by atoms with E-state index in [1.807, 2.05) is 10.6 Å². The molecule has 0 aliphatic carbocycles. The van der Waals surface area contributed by atoms with E-state index in [1.54, 1.807) is 18.2 Å². The van der Waals surface area contributed by atoms with Gasteiger partial charge in [-0.2, -0.15) is 0 Å². The van der Waals surface area contributed by atoms with Crippen LogP contribution in [0.25, 0.3) is 6.08 Å². The summed E-state index contributed by atoms with van der Waals surface area (Å²) in [5.41, 5.74) is 0.236. The molecule has 7 nitrogen and oxygen atoms in total. The Balaban J connectivity index is 2.51. The normalized spacial score (nSPS) is 14.5. The number of rotatable bonds is 3. The summed E-state index contributed by atoms with van der Waals surface area (Å²) >= 11 is 0. The first-order chi connectivity index (χ1) is 9.56. The number of ether oxygens (including phenoxy) is 2. The van der Waals surface area contributed by atoms with Crippen LogP contribution in [0.3, 0.4) is 0 Å². The van der Waals surface area contributed by atoms with Crippen LogP contribution in [0.5, 0.6) is 11.5 Å². The second-order valence-electron chi connectivity index (χ2n) is 3.87. The van der Waals surface area contributed by atoms with Crippen molar-refractivity contribution in [3.05, 3.63) is 29.3 Å². The van der Waals surface area contributed by atoms with Crippen molar-refractivity contribution in [1.82, 2.24) is 10.6 Å². The predicted octanol–water partition coefficient (Wildman–Crippen LogP) is 0.453. The molecule has 0 saturated carbocycles. The van der Waals surface area contributed by atoms with Crippen LogP contribution in [0.1, 0.15) is 5.56 Å². The number of carbonyl (C=O) groups is 3. The smallest absolute Gasteiger partial charge is 0.328 e. The van der Waals surface area contributed by atoms with Crippen LogP contribution in [0.2, 0.25) is 0 Å². The molecule has 20 heavy (non-hydrogen) atoms. The number of benzene rings is 1. The number of imide groups is 2. The fraction of sp³-hybridized carbons (Fsp3) is 0.154. The predicted molar refractivity (Wildman–Crippen MR) is 69.2 cm³/mol. The SMILES string of the molecule is COc1cccc(OC)c1C=C1C(=O)NC(=O)NC1=O. The van der Waals surface area contributed by atoms with Gasteiger partial charge in [0.15, 0.2) is 0 Å². The van der Waals surface area contributed by atoms with Gasteiger partial charge in [0, 0.05) is 0 Å². The third kappa shape index (κ3) is 2.46. The minimum absolute atomic E-state index is 0.201. The van der Waals surface area contributed by atoms with Gasteiger partial charge in [-0.25, -0.2) is 4.79 Å². The van der Waals surface area contributed by atoms with E-state index in [2.05, 4.69) is 0 Å². The molecular formula is C13H12N2O5. The largest absolute Gasteiger partial charge is 0.496 e. The number of urea groups is 1. The average Bonchev–Trinajstić information content (AvgIpc) is 2.42. The standard InChI is InChI=1S/C13H12N2O5/c1-19-9-4-3-5-10(20-2)7(9)6-8-11(16)14-13(18)15-12(8)17/h3-6H,1-2H3,(H2,14,15,16,17,18). The second-order valence-corrected chi connectivity index (χ2v) is 3.87. The fourth-order valence-electron chi connectivity index (χ4n) is 1.77. The first kappa shape index (κ1) is 13.6. The first-order valence-corrected chi connectivity index (χ1v) is 5.66. The van der Waals surface area contributed by atoms with Gasteiger partial charge < -0.3 is 9.47 Å². The van der Waals surface area contributed by atoms with E-state index in [9.17, 15) is 14.4 Å². The lowest BCUT2D eigenvalue weighted by Gasteiger charge is -2.15. The maximum absolute atomic E-state index is 11.7. The van der Waals surface area contributed by atoms with Gasteiger partial charge in [-0.05, 0) is 18.2 Å². The van der Waals surface area contributed by atoms with E-state index in [4.69, 9.17) is 9.47 Å². The van der Waals surface area contributed by atoms with Crippen molar-refractivity contribution in [2.75, 3.05) is 14.2 Å². The molecule has 1 aromatic carbocycles. The van der Waals surface area contributed by atoms with Crippen LogP contribution in [-0.2, 0) is 9.59 Å². The summed E-state index contributed by atoms with van der Waals surface area (Å²) < 4.78 is 10.3. The van der Waals surface area contributed by atoms with Crippen molar-refractivity contribution >= 4 is 23.9 Å². The topological polar surface area (TPSA) is 93.7 Å². The maximum Gasteiger partial charge on any atom is 0.328 e. The summed E-state index contributed by atoms with van der Waals surface area (Å²) in [7, 11) is 2.92. The van der Waals surface area contributed by atoms with E-state index in [1.165, 1.54) is 20.3 Å². The summed E-state index contributed by atoms with van der Waals surface area (Å²) in [6, 6.07) is 4.20. The van der Waals surface area contributed by atoms with Crippen molar-refractivity contribution in [2.24, 2.45) is 0 Å². The molecule has 0 atom stereocenters. The molecule has 1 saturated heterocycles. The van der Waals surface area contributed by atoms with Gasteiger partial charge in [-0.15, -0.1) is 0 Å². The molecular weight excluding hydrogens is 264 g/mol. The van der Waals surface area contributed by atoms with Crippen LogP contribution < -0.4 is 20.1 Å². The van der Waals surface area contributed by atoms with Crippen LogP contribution in [0.15, 0.2) is 23.8 Å². The van der Waals surface area contributed by atoms with Crippen molar-refractivity contribution in [1.29, 1.82) is 0 Å². The van der Waals surface area contributed by atoms with Crippen LogP contribution in [-0.4, -0.2) is 32.1 Å². The molecule has 4 amide bonds. The highest BCUT2D eigenvalue weighted by Gasteiger charge is 2.28. The molecule has 2 N–H and O–H groups in total. The molecule has 7 heteroatoms. The molecule has 1 aliphatic heterocycles. The Labute approximate surface area is 114 Å². The molecule has 104 valence electrons. The lowest BCUT2D eigenvalue weighted by atomic mass is 10.1. The summed E-state index contributed by atoms with van der Waals surface area (Å²) in [6.45, 7) is 0. The Hall–Kier alpha value is -2.83. The first-order valence-electron chi connectivity index (χ1n) is 5.66. The van der Waals surface area contributed by atoms with Crippen LogP contribution in [0, 0.1) is 0 Å². The molecule has 0 radical (unpaired) electrons. The molecule has 1 aliphatic rings. The van der Waals surface area contributed by atoms with Crippen LogP contribution >= 0.6 is 0 Å². The van der Waals surface area contributed by atoms with Crippen molar-refractivity contribution < 1.29 is 23.9 Å². The highest BCUT2D eigenvalue weighted by atomic mass is 16.5. The van der Waals surface area contributed by atoms with E-state index < -0.39 is 17.8 Å². The van der Waals surface area contributed by atoms with Gasteiger partial charge in [-0.3, -0.25) is 20.2 Å². The molecule has 0 aromatic heterocycles. The molecule has 1 heterocycles. The maximum atomic E-state index is 11.7. The fourth-order valence-corrected chi connectivity index (χ4v) is 1.77. The molecule has 1 aromatic rings. The minimum atomic E-state index is -0.843. The zero-order valence-corrected chi connectivity index (χ0v) is 10.9. The molecule has 1 fully saturated rings. The quantitative estimate of drug-likeness (QED) is 0.617. The minimum Gasteiger partial charge on any atom is -0.496 e. The lowest BCUT2D eigenvalue weighted by molar-refractivity contribution is -0.123. The van der Waals surface area contributed by atoms with E-state index in [0.717, 1.165) is 0 Å². The number of methoxy groups -OCH3 is 2. The van der Waals surface area contributed by atoms with Gasteiger partial charge in [0.05, 0.1) is 19.8 Å². The van der Waals surface area contributed by atoms with E-state index >= 15 is 0 Å². The zero-order chi connectivity index (χ0) is 14.7. The summed E-state index contributed by atoms with van der Waals surface area (Å²) in [5.74, 6) is -0.665. The average molecular weight is 276 g/mol. The molecule has 0 spiro atoms. The van der Waals surface area contributed by atoms with Crippen molar-refractivity contribution in [2.45, 2.75) is 0 Å². The Morgan fingerprint density at radius 3 is 1.90 bits per heavy atom. The summed E-state index contributed by atoms with van der Waals surface area (Å²) in [4.78, 5) is 34.3. The Bertz CT molecular complexity index is 577. The Kier molecular flexibility index (Phi) is 3.69. The van der Waals surface area contributed by atoms with Gasteiger partial charge in [0.1, 0.15) is 17.1 Å². The summed E-state index contributed by atoms with van der Waals surface area (Å²) in [6.07, 6.45) is 1.31. The lowest BCUT2D eigenvalue weighted by Crippen LogP contribution is -2.51. The zero-order valence-electron chi connectivity index (χ0n) is 10.9. The van der Waals surface area contributed by atoms with Gasteiger partial charge in [-0.1, -0.05) is 6.07 Å². The van der Waals surface area contributed by atoms with E-state index in [-0.39, 0.29) is 5.57 Å². The highest BCUT2D eigenvalue weighted by molar-refractivity contribution is 6.31. The Morgan fingerprint density at radius 1 is 0.950 bits per heavy atom. The number of amides is 4. The molecule has 0 unspecified atom stereocenters. The number of hydrogen-bond acceptors (Lipinski definition) is 5. The van der Waals surface area contributed by atoms with Gasteiger partial charge >= 0.3 is 6.03 Å². The third-order valence-corrected chi connectivity index (χ3v) is 2.70. The van der Waals surface area contributed by atoms with Crippen molar-refractivity contribution in [3.8, 4) is 11.5 Å². The number of hydrogen-bond donors (Lipinski definition) is 2. The van der Waals surface area contributed by atoms with Crippen LogP contribution in [0.4, 0.5) is 4.79 Å². The van der Waals surface area contributed by atoms with Gasteiger partial charge in [0.25, 0.3) is 11.8 Å². The van der Waals surface area contributed by atoms with E-state index in [0.29, 0.717) is 17.1 Å². The third-order valence-electron chi connectivity index (χ3n) is 2.70. The monoisotopic (exact) mass is 276 g/mol. The number of barbiturate groups is 1. The molecule has 2 rings (SSSR count). The number of nitrogens with one attached hydrogen (secondary N) is 2. The molecule has 0 bridgehead atoms.